The molecule has 3 heteroatoms. The molecule has 0 bridgehead atoms. The van der Waals surface area contributed by atoms with E-state index in [1.54, 1.807) is 6.07 Å². The van der Waals surface area contributed by atoms with Crippen LogP contribution in [0.15, 0.2) is 42.5 Å². The summed E-state index contributed by atoms with van der Waals surface area (Å²) in [5.41, 5.74) is 3.33. The number of ketones is 1. The Kier molecular flexibility index (Phi) is 4.07. The molecule has 2 aromatic rings. The lowest BCUT2D eigenvalue weighted by atomic mass is 9.80. The Morgan fingerprint density at radius 2 is 1.95 bits per heavy atom. The molecule has 0 aliphatic heterocycles. The predicted octanol–water partition coefficient (Wildman–Crippen LogP) is 4.40. The normalized spacial score (nSPS) is 17.3. The Bertz CT molecular complexity index is 681. The van der Waals surface area contributed by atoms with E-state index in [0.717, 1.165) is 19.3 Å². The molecule has 0 heterocycles. The second-order valence-corrected chi connectivity index (χ2v) is 5.99. The zero-order valence-corrected chi connectivity index (χ0v) is 12.4. The van der Waals surface area contributed by atoms with E-state index < -0.39 is 0 Å². The number of aryl methyl sites for hydroxylation is 1. The SMILES string of the molecule is O=C(Cc1ccc(F)cc1Cl)C1CCc2ccccc2C1. The third-order valence-electron chi connectivity index (χ3n) is 4.18. The topological polar surface area (TPSA) is 17.1 Å². The summed E-state index contributed by atoms with van der Waals surface area (Å²) in [5.74, 6) is -0.137. The first-order valence-corrected chi connectivity index (χ1v) is 7.54. The number of carbonyl (C=O) groups excluding carboxylic acids is 1. The number of hydrogen-bond acceptors (Lipinski definition) is 1. The average Bonchev–Trinajstić information content (AvgIpc) is 2.49. The minimum absolute atomic E-state index is 0.0426. The molecule has 3 rings (SSSR count). The maximum absolute atomic E-state index is 13.0. The molecule has 0 fully saturated rings. The van der Waals surface area contributed by atoms with Gasteiger partial charge in [-0.25, -0.2) is 4.39 Å². The Morgan fingerprint density at radius 1 is 1.19 bits per heavy atom. The molecule has 2 aromatic carbocycles. The van der Waals surface area contributed by atoms with Crippen LogP contribution in [0.4, 0.5) is 4.39 Å². The van der Waals surface area contributed by atoms with E-state index >= 15 is 0 Å². The van der Waals surface area contributed by atoms with Gasteiger partial charge in [-0.05, 0) is 48.1 Å². The van der Waals surface area contributed by atoms with Crippen LogP contribution in [0, 0.1) is 11.7 Å². The van der Waals surface area contributed by atoms with Gasteiger partial charge in [0.15, 0.2) is 0 Å². The molecule has 0 aromatic heterocycles. The molecule has 108 valence electrons. The van der Waals surface area contributed by atoms with Crippen LogP contribution < -0.4 is 0 Å². The van der Waals surface area contributed by atoms with E-state index in [1.807, 2.05) is 12.1 Å². The fourth-order valence-corrected chi connectivity index (χ4v) is 3.20. The molecule has 0 saturated heterocycles. The lowest BCUT2D eigenvalue weighted by Crippen LogP contribution is -2.24. The highest BCUT2D eigenvalue weighted by Gasteiger charge is 2.24. The van der Waals surface area contributed by atoms with Crippen molar-refractivity contribution in [1.29, 1.82) is 0 Å². The van der Waals surface area contributed by atoms with Crippen molar-refractivity contribution in [3.63, 3.8) is 0 Å². The number of rotatable bonds is 3. The molecule has 1 aliphatic carbocycles. The zero-order chi connectivity index (χ0) is 14.8. The Hall–Kier alpha value is -1.67. The van der Waals surface area contributed by atoms with Gasteiger partial charge >= 0.3 is 0 Å². The second-order valence-electron chi connectivity index (χ2n) is 5.59. The Labute approximate surface area is 128 Å². The van der Waals surface area contributed by atoms with Crippen LogP contribution in [0.1, 0.15) is 23.1 Å². The minimum atomic E-state index is -0.372. The van der Waals surface area contributed by atoms with Crippen LogP contribution in [0.25, 0.3) is 0 Å². The molecular formula is C18H16ClFO. The third-order valence-corrected chi connectivity index (χ3v) is 4.53. The van der Waals surface area contributed by atoms with Crippen LogP contribution in [0.3, 0.4) is 0 Å². The van der Waals surface area contributed by atoms with Gasteiger partial charge in [-0.1, -0.05) is 41.9 Å². The van der Waals surface area contributed by atoms with Crippen molar-refractivity contribution in [3.05, 3.63) is 70.0 Å². The van der Waals surface area contributed by atoms with Gasteiger partial charge in [0.2, 0.25) is 0 Å². The molecule has 1 nitrogen and oxygen atoms in total. The first-order chi connectivity index (χ1) is 10.1. The predicted molar refractivity (Wildman–Crippen MR) is 82.1 cm³/mol. The maximum atomic E-state index is 13.0. The number of halogens is 2. The van der Waals surface area contributed by atoms with Gasteiger partial charge in [0.05, 0.1) is 0 Å². The summed E-state index contributed by atoms with van der Waals surface area (Å²) in [5, 5.41) is 0.333. The van der Waals surface area contributed by atoms with Gasteiger partial charge in [0, 0.05) is 17.4 Å². The van der Waals surface area contributed by atoms with Crippen molar-refractivity contribution in [2.24, 2.45) is 5.92 Å². The molecular weight excluding hydrogens is 287 g/mol. The highest BCUT2D eigenvalue weighted by Crippen LogP contribution is 2.28. The molecule has 0 N–H and O–H groups in total. The van der Waals surface area contributed by atoms with E-state index in [1.165, 1.54) is 23.3 Å². The van der Waals surface area contributed by atoms with Gasteiger partial charge in [0.1, 0.15) is 11.6 Å². The van der Waals surface area contributed by atoms with Crippen molar-refractivity contribution in [3.8, 4) is 0 Å². The molecule has 1 aliphatic rings. The molecule has 0 saturated carbocycles. The summed E-state index contributed by atoms with van der Waals surface area (Å²) in [4.78, 5) is 12.5. The first-order valence-electron chi connectivity index (χ1n) is 7.17. The lowest BCUT2D eigenvalue weighted by Gasteiger charge is -2.23. The lowest BCUT2D eigenvalue weighted by molar-refractivity contribution is -0.122. The minimum Gasteiger partial charge on any atom is -0.299 e. The molecule has 0 amide bonds. The van der Waals surface area contributed by atoms with Gasteiger partial charge in [-0.2, -0.15) is 0 Å². The van der Waals surface area contributed by atoms with E-state index in [4.69, 9.17) is 11.6 Å². The van der Waals surface area contributed by atoms with Gasteiger partial charge < -0.3 is 0 Å². The third kappa shape index (κ3) is 3.16. The maximum Gasteiger partial charge on any atom is 0.140 e. The van der Waals surface area contributed by atoms with Crippen LogP contribution >= 0.6 is 11.6 Å². The van der Waals surface area contributed by atoms with Crippen LogP contribution in [0.5, 0.6) is 0 Å². The first kappa shape index (κ1) is 14.3. The van der Waals surface area contributed by atoms with Crippen LogP contribution in [0.2, 0.25) is 5.02 Å². The summed E-state index contributed by atoms with van der Waals surface area (Å²) in [6.07, 6.45) is 2.91. The van der Waals surface area contributed by atoms with Crippen molar-refractivity contribution < 1.29 is 9.18 Å². The Balaban J connectivity index is 1.72. The average molecular weight is 303 g/mol. The van der Waals surface area contributed by atoms with E-state index in [0.29, 0.717) is 10.6 Å². The van der Waals surface area contributed by atoms with Crippen LogP contribution in [-0.4, -0.2) is 5.78 Å². The monoisotopic (exact) mass is 302 g/mol. The number of benzene rings is 2. The molecule has 1 unspecified atom stereocenters. The molecule has 0 radical (unpaired) electrons. The summed E-state index contributed by atoms with van der Waals surface area (Å²) >= 11 is 6.00. The fourth-order valence-electron chi connectivity index (χ4n) is 2.97. The van der Waals surface area contributed by atoms with Crippen molar-refractivity contribution in [2.45, 2.75) is 25.7 Å². The molecule has 1 atom stereocenters. The van der Waals surface area contributed by atoms with E-state index in [-0.39, 0.29) is 23.9 Å². The number of fused-ring (bicyclic) bond motifs is 1. The highest BCUT2D eigenvalue weighted by atomic mass is 35.5. The number of hydrogen-bond donors (Lipinski definition) is 0. The second kappa shape index (κ2) is 5.98. The number of carbonyl (C=O) groups is 1. The summed E-state index contributed by atoms with van der Waals surface area (Å²) in [7, 11) is 0. The zero-order valence-electron chi connectivity index (χ0n) is 11.6. The smallest absolute Gasteiger partial charge is 0.140 e. The van der Waals surface area contributed by atoms with Gasteiger partial charge in [-0.3, -0.25) is 4.79 Å². The Morgan fingerprint density at radius 3 is 2.71 bits per heavy atom. The molecule has 0 spiro atoms. The quantitative estimate of drug-likeness (QED) is 0.821. The number of Topliss-reactive ketones (excluding diaryl/α,β-unsaturated/α-hetero) is 1. The summed E-state index contributed by atoms with van der Waals surface area (Å²) in [6.45, 7) is 0. The fraction of sp³-hybridized carbons (Fsp3) is 0.278. The van der Waals surface area contributed by atoms with E-state index in [9.17, 15) is 9.18 Å². The van der Waals surface area contributed by atoms with Crippen molar-refractivity contribution in [1.82, 2.24) is 0 Å². The van der Waals surface area contributed by atoms with Crippen LogP contribution in [-0.2, 0) is 24.1 Å². The van der Waals surface area contributed by atoms with E-state index in [2.05, 4.69) is 12.1 Å². The van der Waals surface area contributed by atoms with Crippen molar-refractivity contribution >= 4 is 17.4 Å². The summed E-state index contributed by atoms with van der Waals surface area (Å²) in [6, 6.07) is 12.5. The standard InChI is InChI=1S/C18H16ClFO/c19-17-11-16(20)8-7-14(17)10-18(21)15-6-5-12-3-1-2-4-13(12)9-15/h1-4,7-8,11,15H,5-6,9-10H2. The van der Waals surface area contributed by atoms with Gasteiger partial charge in [0.25, 0.3) is 0 Å². The largest absolute Gasteiger partial charge is 0.299 e. The molecule has 21 heavy (non-hydrogen) atoms. The summed E-state index contributed by atoms with van der Waals surface area (Å²) < 4.78 is 13.0. The van der Waals surface area contributed by atoms with Crippen molar-refractivity contribution in [2.75, 3.05) is 0 Å². The van der Waals surface area contributed by atoms with Gasteiger partial charge in [-0.15, -0.1) is 0 Å². The highest BCUT2D eigenvalue weighted by molar-refractivity contribution is 6.31.